The van der Waals surface area contributed by atoms with Crippen LogP contribution in [-0.2, 0) is 9.31 Å². The van der Waals surface area contributed by atoms with Gasteiger partial charge in [-0.25, -0.2) is 9.97 Å². The number of fused-ring (bicyclic) bond motifs is 12. The van der Waals surface area contributed by atoms with E-state index in [-0.39, 0.29) is 19.7 Å². The van der Waals surface area contributed by atoms with Gasteiger partial charge in [-0.15, -0.1) is 0 Å². The first kappa shape index (κ1) is 75.1. The second-order valence-electron chi connectivity index (χ2n) is 31.4. The van der Waals surface area contributed by atoms with E-state index >= 15 is 0 Å². The number of hydrogen-bond acceptors (Lipinski definition) is 6. The zero-order chi connectivity index (χ0) is 81.2. The maximum absolute atomic E-state index is 6.69. The molecular formula is C108H81BBrN6O3S-. The van der Waals surface area contributed by atoms with E-state index in [1.54, 1.807) is 0 Å². The molecule has 4 aromatic heterocycles. The number of rotatable bonds is 10. The predicted molar refractivity (Wildman–Crippen MR) is 511 cm³/mol. The molecule has 23 rings (SSSR count). The van der Waals surface area contributed by atoms with Gasteiger partial charge in [0.2, 0.25) is 0 Å². The number of aromatic nitrogens is 6. The van der Waals surface area contributed by atoms with Gasteiger partial charge in [-0.05, 0) is 248 Å². The van der Waals surface area contributed by atoms with Crippen molar-refractivity contribution in [1.82, 2.24) is 28.2 Å². The van der Waals surface area contributed by atoms with Gasteiger partial charge < -0.3 is 24.4 Å². The molecular weight excluding hydrogens is 1550 g/mol. The van der Waals surface area contributed by atoms with Gasteiger partial charge in [0.15, 0.2) is 0 Å². The van der Waals surface area contributed by atoms with Crippen LogP contribution >= 0.6 is 28.8 Å². The van der Waals surface area contributed by atoms with Gasteiger partial charge in [0.25, 0.3) is 0 Å². The van der Waals surface area contributed by atoms with Crippen LogP contribution in [0, 0.1) is 0 Å². The minimum absolute atomic E-state index is 0. The van der Waals surface area contributed by atoms with Crippen LogP contribution in [0.2, 0.25) is 0 Å². The molecule has 0 amide bonds. The molecule has 0 spiro atoms. The molecule has 0 aliphatic carbocycles. The summed E-state index contributed by atoms with van der Waals surface area (Å²) in [4.78, 5) is 10.3. The van der Waals surface area contributed by atoms with Gasteiger partial charge in [-0.2, -0.15) is 0 Å². The number of nitrogens with zero attached hydrogens (tertiary/aromatic N) is 6. The lowest BCUT2D eigenvalue weighted by molar-refractivity contribution is 0.00578. The molecule has 1 fully saturated rings. The standard InChI is InChI=1S/C51H33N3.C33H21BrN2.C24H24BNO2.H2OS.H/c1-2-19-37(20-3-1)54-48-31-13-10-28-45(48)52-51(54)36-18-14-16-34(32-36)49-41-24-4-6-26-43(41)50(44-27-7-5-25-42(44)49)35-17-15-21-38(33-35)53-46-29-11-8-22-39(46)40-23-9-12-30-47(40)53;34-32-27-17-6-4-15-25(27)31(26-16-5-7-18-28(26)32)22-11-10-12-23(21-22)33-35-29-19-8-9-20-30(29)36(33)24-13-2-1-3-14-24;1-23(2)24(3,4)28-25(27-23)17-10-9-11-18(16-17)26-21-14-7-5-12-19(21)20-13-6-8-15-22(20)26;1-2;/h1-33H;1-21H;5-16H,1-4H3;1-2H;/q;;;;-1/i;;;;1+2. The van der Waals surface area contributed by atoms with Gasteiger partial charge in [-0.1, -0.05) is 291 Å². The van der Waals surface area contributed by atoms with Gasteiger partial charge in [0.05, 0.1) is 55.3 Å². The molecule has 120 heavy (non-hydrogen) atoms. The van der Waals surface area contributed by atoms with Crippen molar-refractivity contribution in [3.63, 3.8) is 0 Å². The van der Waals surface area contributed by atoms with Gasteiger partial charge in [0.1, 0.15) is 11.6 Å². The summed E-state index contributed by atoms with van der Waals surface area (Å²) in [5.41, 5.74) is 23.2. The third-order valence-electron chi connectivity index (χ3n) is 24.0. The minimum atomic E-state index is -0.363. The summed E-state index contributed by atoms with van der Waals surface area (Å²) in [5.74, 6) is 1.87. The molecule has 1 aliphatic heterocycles. The van der Waals surface area contributed by atoms with E-state index in [1.165, 1.54) is 115 Å². The summed E-state index contributed by atoms with van der Waals surface area (Å²) in [5, 5.41) is 14.9. The van der Waals surface area contributed by atoms with Crippen molar-refractivity contribution in [1.29, 1.82) is 0 Å². The first-order valence-electron chi connectivity index (χ1n) is 40.5. The van der Waals surface area contributed by atoms with E-state index in [4.69, 9.17) is 23.8 Å². The van der Waals surface area contributed by atoms with Crippen molar-refractivity contribution in [2.24, 2.45) is 0 Å². The van der Waals surface area contributed by atoms with E-state index in [0.29, 0.717) is 0 Å². The highest BCUT2D eigenvalue weighted by Crippen LogP contribution is 2.48. The fourth-order valence-electron chi connectivity index (χ4n) is 17.9. The molecule has 12 heteroatoms. The van der Waals surface area contributed by atoms with Crippen LogP contribution in [0.5, 0.6) is 0 Å². The molecule has 5 heterocycles. The molecule has 0 atom stereocenters. The molecule has 1 N–H and O–H groups in total. The predicted octanol–water partition coefficient (Wildman–Crippen LogP) is 28.4. The number of para-hydroxylation sites is 10. The van der Waals surface area contributed by atoms with Gasteiger partial charge >= 0.3 is 7.12 Å². The number of halogens is 1. The van der Waals surface area contributed by atoms with E-state index < -0.39 is 0 Å². The van der Waals surface area contributed by atoms with Crippen molar-refractivity contribution < 1.29 is 15.3 Å². The van der Waals surface area contributed by atoms with Crippen molar-refractivity contribution in [3.8, 4) is 78.9 Å². The third-order valence-corrected chi connectivity index (χ3v) is 24.8. The molecule has 1 saturated heterocycles. The molecule has 18 aromatic carbocycles. The molecule has 9 nitrogen and oxygen atoms in total. The van der Waals surface area contributed by atoms with Crippen LogP contribution in [-0.4, -0.2) is 51.1 Å². The largest absolute Gasteiger partial charge is 1.00 e. The Hall–Kier alpha value is -13.7. The number of thiol groups is 1. The molecule has 578 valence electrons. The van der Waals surface area contributed by atoms with Gasteiger partial charge in [-0.3, -0.25) is 9.13 Å². The molecule has 22 aromatic rings. The Bertz CT molecular complexity index is 7470. The first-order valence-corrected chi connectivity index (χ1v) is 41.7. The van der Waals surface area contributed by atoms with E-state index in [2.05, 4.69) is 463 Å². The number of imidazole rings is 2. The molecule has 0 radical (unpaired) electrons. The summed E-state index contributed by atoms with van der Waals surface area (Å²) in [7, 11) is -0.363. The van der Waals surface area contributed by atoms with E-state index in [1.807, 2.05) is 12.1 Å². The maximum atomic E-state index is 6.69. The minimum Gasteiger partial charge on any atom is -1.00 e. The van der Waals surface area contributed by atoms with Crippen molar-refractivity contribution in [2.75, 3.05) is 0 Å². The lowest BCUT2D eigenvalue weighted by atomic mass is 9.79. The van der Waals surface area contributed by atoms with Crippen molar-refractivity contribution in [2.45, 2.75) is 38.9 Å². The Balaban J connectivity index is 0.000000125. The fourth-order valence-corrected chi connectivity index (χ4v) is 18.6. The van der Waals surface area contributed by atoms with Crippen LogP contribution in [0.15, 0.2) is 405 Å². The quantitative estimate of drug-likeness (QED) is 0.0617. The zero-order valence-electron chi connectivity index (χ0n) is 67.5. The summed E-state index contributed by atoms with van der Waals surface area (Å²) >= 11 is 6.41. The lowest BCUT2D eigenvalue weighted by Crippen LogP contribution is -2.41. The van der Waals surface area contributed by atoms with Crippen LogP contribution in [0.3, 0.4) is 0 Å². The topological polar surface area (TPSA) is 84.2 Å². The van der Waals surface area contributed by atoms with Crippen LogP contribution in [0.1, 0.15) is 29.1 Å². The monoisotopic (exact) mass is 1630 g/mol. The second-order valence-corrected chi connectivity index (χ2v) is 32.2. The fraction of sp³-hybridized carbons (Fsp3) is 0.0556. The van der Waals surface area contributed by atoms with Crippen molar-refractivity contribution in [3.05, 3.63) is 405 Å². The van der Waals surface area contributed by atoms with Crippen LogP contribution in [0.4, 0.5) is 0 Å². The van der Waals surface area contributed by atoms with Crippen LogP contribution < -0.4 is 5.46 Å². The summed E-state index contributed by atoms with van der Waals surface area (Å²) in [6, 6.07) is 143. The van der Waals surface area contributed by atoms with E-state index in [0.717, 1.165) is 83.1 Å². The maximum Gasteiger partial charge on any atom is 0.494 e. The zero-order valence-corrected chi connectivity index (χ0v) is 68.9. The Morgan fingerprint density at radius 3 is 0.908 bits per heavy atom. The first-order chi connectivity index (χ1) is 59.0. The summed E-state index contributed by atoms with van der Waals surface area (Å²) < 4.78 is 29.6. The molecule has 0 bridgehead atoms. The Morgan fingerprint density at radius 1 is 0.267 bits per heavy atom. The van der Waals surface area contributed by atoms with Crippen molar-refractivity contribution >= 4 is 150 Å². The smallest absolute Gasteiger partial charge is 0.494 e. The normalized spacial score (nSPS) is 13.0. The molecule has 1 aliphatic rings. The molecule has 0 unspecified atom stereocenters. The number of hydrogen-bond donors (Lipinski definition) is 2. The van der Waals surface area contributed by atoms with E-state index in [9.17, 15) is 0 Å². The highest BCUT2D eigenvalue weighted by molar-refractivity contribution is 9.10. The number of benzene rings is 18. The summed E-state index contributed by atoms with van der Waals surface area (Å²) in [6.07, 6.45) is 0. The SMILES string of the molecule is Brc1c2ccccc2c(-c2cccc(-c3nc4ccccc4n3-c3ccccc3)c2)c2ccccc12.CC1(C)OB(c2cccc(-n3c4ccccc4c4ccccc43)c2)OC1(C)C.OS.[3H-].c1ccc(-n2c(-c3cccc(-c4c5ccccc5c(-c5cccc(-n6c7ccccc7c7ccccc76)c5)c5ccccc45)c3)nc3ccccc32)cc1. The Labute approximate surface area is 711 Å². The highest BCUT2D eigenvalue weighted by atomic mass is 79.9. The average molecular weight is 1640 g/mol. The molecule has 0 saturated carbocycles. The average Bonchev–Trinajstić information content (AvgIpc) is 1.72. The Kier molecular flexibility index (Phi) is 19.6. The lowest BCUT2D eigenvalue weighted by Gasteiger charge is -2.32. The Morgan fingerprint density at radius 2 is 0.533 bits per heavy atom. The van der Waals surface area contributed by atoms with Gasteiger partial charge in [0, 0.05) is 59.9 Å². The second kappa shape index (κ2) is 31.3. The highest BCUT2D eigenvalue weighted by Gasteiger charge is 2.52. The van der Waals surface area contributed by atoms with Crippen LogP contribution in [0.25, 0.3) is 188 Å². The summed E-state index contributed by atoms with van der Waals surface area (Å²) in [6.45, 7) is 8.35. The third kappa shape index (κ3) is 13.1.